The molecule has 1 saturated carbocycles. The first-order valence-corrected chi connectivity index (χ1v) is 8.99. The molecule has 1 saturated heterocycles. The van der Waals surface area contributed by atoms with Crippen molar-refractivity contribution in [3.8, 4) is 0 Å². The lowest BCUT2D eigenvalue weighted by molar-refractivity contribution is -0.134. The molecule has 2 aromatic rings. The lowest BCUT2D eigenvalue weighted by Crippen LogP contribution is -2.46. The Labute approximate surface area is 148 Å². The van der Waals surface area contributed by atoms with Crippen LogP contribution in [0.3, 0.4) is 0 Å². The number of anilines is 1. The molecular weight excluding hydrogens is 340 g/mol. The van der Waals surface area contributed by atoms with E-state index < -0.39 is 17.5 Å². The van der Waals surface area contributed by atoms with Crippen molar-refractivity contribution < 1.29 is 14.4 Å². The van der Waals surface area contributed by atoms with Crippen molar-refractivity contribution in [3.63, 3.8) is 0 Å². The number of fused-ring (bicyclic) bond motifs is 1. The maximum absolute atomic E-state index is 12.5. The summed E-state index contributed by atoms with van der Waals surface area (Å²) in [5.74, 6) is -0.540. The number of aromatic nitrogens is 1. The predicted octanol–water partition coefficient (Wildman–Crippen LogP) is 2.26. The topological polar surface area (TPSA) is 91.4 Å². The average molecular weight is 358 g/mol. The van der Waals surface area contributed by atoms with Crippen molar-refractivity contribution in [2.75, 3.05) is 11.9 Å². The number of thiazole rings is 1. The fraction of sp³-hybridized carbons (Fsp3) is 0.412. The van der Waals surface area contributed by atoms with Crippen molar-refractivity contribution >= 4 is 45.1 Å². The van der Waals surface area contributed by atoms with Gasteiger partial charge in [-0.05, 0) is 50.8 Å². The Hall–Kier alpha value is -2.48. The standard InChI is InChI=1S/C17H18N4O3S/c1-9-18-12-6-5-11(7-13(12)25-9)19-14(22)8-21-15(23)17(2,10-3-4-10)20-16(21)24/h5-7,10H,3-4,8H2,1-2H3,(H,19,22)(H,20,24)/t17-/m0/s1. The largest absolute Gasteiger partial charge is 0.325 e. The molecule has 1 aromatic carbocycles. The highest BCUT2D eigenvalue weighted by Gasteiger charge is 2.56. The van der Waals surface area contributed by atoms with E-state index in [4.69, 9.17) is 0 Å². The lowest BCUT2D eigenvalue weighted by Gasteiger charge is -2.20. The molecule has 1 aliphatic carbocycles. The Balaban J connectivity index is 1.46. The Morgan fingerprint density at radius 3 is 2.92 bits per heavy atom. The summed E-state index contributed by atoms with van der Waals surface area (Å²) < 4.78 is 0.978. The number of hydrogen-bond donors (Lipinski definition) is 2. The second kappa shape index (κ2) is 5.52. The van der Waals surface area contributed by atoms with Gasteiger partial charge in [0.1, 0.15) is 12.1 Å². The number of hydrogen-bond acceptors (Lipinski definition) is 5. The van der Waals surface area contributed by atoms with Crippen LogP contribution in [0.2, 0.25) is 0 Å². The average Bonchev–Trinajstić information content (AvgIpc) is 3.30. The maximum atomic E-state index is 12.5. The van der Waals surface area contributed by atoms with Crippen LogP contribution in [-0.2, 0) is 9.59 Å². The minimum Gasteiger partial charge on any atom is -0.324 e. The number of urea groups is 1. The number of aryl methyl sites for hydroxylation is 1. The molecule has 1 aromatic heterocycles. The first kappa shape index (κ1) is 16.0. The van der Waals surface area contributed by atoms with Crippen LogP contribution in [0.1, 0.15) is 24.8 Å². The molecule has 0 spiro atoms. The number of imide groups is 1. The summed E-state index contributed by atoms with van der Waals surface area (Å²) in [4.78, 5) is 42.3. The second-order valence-corrected chi connectivity index (χ2v) is 8.00. The van der Waals surface area contributed by atoms with Crippen LogP contribution in [0.4, 0.5) is 10.5 Å². The van der Waals surface area contributed by atoms with Crippen LogP contribution in [0.5, 0.6) is 0 Å². The molecule has 2 fully saturated rings. The molecule has 7 nitrogen and oxygen atoms in total. The fourth-order valence-electron chi connectivity index (χ4n) is 3.26. The Kier molecular flexibility index (Phi) is 3.54. The first-order valence-electron chi connectivity index (χ1n) is 8.18. The molecule has 0 bridgehead atoms. The van der Waals surface area contributed by atoms with Crippen molar-refractivity contribution in [2.45, 2.75) is 32.2 Å². The highest BCUT2D eigenvalue weighted by Crippen LogP contribution is 2.42. The number of amides is 4. The van der Waals surface area contributed by atoms with Crippen molar-refractivity contribution in [2.24, 2.45) is 5.92 Å². The normalized spacial score (nSPS) is 23.2. The van der Waals surface area contributed by atoms with Gasteiger partial charge in [-0.2, -0.15) is 0 Å². The van der Waals surface area contributed by atoms with Crippen molar-refractivity contribution in [1.29, 1.82) is 0 Å². The molecule has 2 N–H and O–H groups in total. The van der Waals surface area contributed by atoms with E-state index in [1.807, 2.05) is 19.1 Å². The van der Waals surface area contributed by atoms with E-state index in [1.165, 1.54) is 0 Å². The van der Waals surface area contributed by atoms with E-state index >= 15 is 0 Å². The summed E-state index contributed by atoms with van der Waals surface area (Å²) in [5, 5.41) is 6.44. The summed E-state index contributed by atoms with van der Waals surface area (Å²) in [6.07, 6.45) is 1.85. The van der Waals surface area contributed by atoms with Crippen LogP contribution in [0.15, 0.2) is 18.2 Å². The smallest absolute Gasteiger partial charge is 0.324 e. The Bertz CT molecular complexity index is 904. The van der Waals surface area contributed by atoms with Crippen LogP contribution in [0.25, 0.3) is 10.2 Å². The van der Waals surface area contributed by atoms with E-state index in [0.717, 1.165) is 33.0 Å². The number of benzene rings is 1. The summed E-state index contributed by atoms with van der Waals surface area (Å²) in [6, 6.07) is 4.95. The fourth-order valence-corrected chi connectivity index (χ4v) is 4.12. The van der Waals surface area contributed by atoms with Gasteiger partial charge in [0.15, 0.2) is 0 Å². The van der Waals surface area contributed by atoms with Gasteiger partial charge in [-0.25, -0.2) is 9.78 Å². The third-order valence-corrected chi connectivity index (χ3v) is 5.71. The SMILES string of the molecule is Cc1nc2ccc(NC(=O)CN3C(=O)N[C@@](C)(C4CC4)C3=O)cc2s1. The third-order valence-electron chi connectivity index (χ3n) is 4.78. The summed E-state index contributed by atoms with van der Waals surface area (Å²) in [5.41, 5.74) is 0.643. The second-order valence-electron chi connectivity index (χ2n) is 6.76. The van der Waals surface area contributed by atoms with Crippen LogP contribution >= 0.6 is 11.3 Å². The quantitative estimate of drug-likeness (QED) is 0.820. The van der Waals surface area contributed by atoms with Gasteiger partial charge in [0.2, 0.25) is 5.91 Å². The number of nitrogens with one attached hydrogen (secondary N) is 2. The number of rotatable bonds is 4. The van der Waals surface area contributed by atoms with Gasteiger partial charge >= 0.3 is 6.03 Å². The number of carbonyl (C=O) groups is 3. The molecule has 130 valence electrons. The molecule has 4 rings (SSSR count). The zero-order valence-electron chi connectivity index (χ0n) is 14.0. The number of nitrogens with zero attached hydrogens (tertiary/aromatic N) is 2. The molecule has 2 heterocycles. The summed E-state index contributed by atoms with van der Waals surface area (Å²) >= 11 is 1.55. The van der Waals surface area contributed by atoms with Gasteiger partial charge in [-0.1, -0.05) is 0 Å². The van der Waals surface area contributed by atoms with Gasteiger partial charge in [-0.15, -0.1) is 11.3 Å². The molecular formula is C17H18N4O3S. The molecule has 0 radical (unpaired) electrons. The van der Waals surface area contributed by atoms with E-state index in [2.05, 4.69) is 15.6 Å². The zero-order valence-corrected chi connectivity index (χ0v) is 14.8. The Morgan fingerprint density at radius 1 is 1.44 bits per heavy atom. The predicted molar refractivity (Wildman–Crippen MR) is 94.4 cm³/mol. The minimum absolute atomic E-state index is 0.175. The first-order chi connectivity index (χ1) is 11.9. The molecule has 1 aliphatic heterocycles. The summed E-state index contributed by atoms with van der Waals surface area (Å²) in [7, 11) is 0. The molecule has 2 aliphatic rings. The zero-order chi connectivity index (χ0) is 17.8. The molecule has 0 unspecified atom stereocenters. The maximum Gasteiger partial charge on any atom is 0.325 e. The van der Waals surface area contributed by atoms with Gasteiger partial charge in [-0.3, -0.25) is 14.5 Å². The highest BCUT2D eigenvalue weighted by molar-refractivity contribution is 7.18. The van der Waals surface area contributed by atoms with E-state index in [0.29, 0.717) is 5.69 Å². The lowest BCUT2D eigenvalue weighted by atomic mass is 9.96. The third kappa shape index (κ3) is 2.76. The van der Waals surface area contributed by atoms with Crippen LogP contribution in [0, 0.1) is 12.8 Å². The van der Waals surface area contributed by atoms with E-state index in [1.54, 1.807) is 24.3 Å². The van der Waals surface area contributed by atoms with E-state index in [-0.39, 0.29) is 18.4 Å². The summed E-state index contributed by atoms with van der Waals surface area (Å²) in [6.45, 7) is 3.38. The van der Waals surface area contributed by atoms with Crippen LogP contribution < -0.4 is 10.6 Å². The number of carbonyl (C=O) groups excluding carboxylic acids is 3. The monoisotopic (exact) mass is 358 g/mol. The van der Waals surface area contributed by atoms with Gasteiger partial charge in [0, 0.05) is 5.69 Å². The molecule has 1 atom stereocenters. The minimum atomic E-state index is -0.865. The molecule has 25 heavy (non-hydrogen) atoms. The van der Waals surface area contributed by atoms with Gasteiger partial charge in [0.05, 0.1) is 15.2 Å². The highest BCUT2D eigenvalue weighted by atomic mass is 32.1. The van der Waals surface area contributed by atoms with Gasteiger partial charge < -0.3 is 10.6 Å². The van der Waals surface area contributed by atoms with Crippen molar-refractivity contribution in [3.05, 3.63) is 23.2 Å². The van der Waals surface area contributed by atoms with Crippen LogP contribution in [-0.4, -0.2) is 39.8 Å². The molecule has 8 heteroatoms. The van der Waals surface area contributed by atoms with Crippen molar-refractivity contribution in [1.82, 2.24) is 15.2 Å². The Morgan fingerprint density at radius 2 is 2.20 bits per heavy atom. The van der Waals surface area contributed by atoms with Gasteiger partial charge in [0.25, 0.3) is 5.91 Å². The van der Waals surface area contributed by atoms with E-state index in [9.17, 15) is 14.4 Å². The molecule has 4 amide bonds.